The summed E-state index contributed by atoms with van der Waals surface area (Å²) in [7, 11) is 0. The van der Waals surface area contributed by atoms with Crippen LogP contribution in [-0.4, -0.2) is 39.2 Å². The van der Waals surface area contributed by atoms with E-state index in [4.69, 9.17) is 5.11 Å². The van der Waals surface area contributed by atoms with Crippen LogP contribution < -0.4 is 5.32 Å². The van der Waals surface area contributed by atoms with Gasteiger partial charge >= 0.3 is 6.03 Å². The molecule has 7 heteroatoms. The van der Waals surface area contributed by atoms with Crippen molar-refractivity contribution in [2.75, 3.05) is 13.2 Å². The van der Waals surface area contributed by atoms with E-state index in [2.05, 4.69) is 15.3 Å². The Kier molecular flexibility index (Phi) is 6.69. The zero-order valence-electron chi connectivity index (χ0n) is 14.3. The summed E-state index contributed by atoms with van der Waals surface area (Å²) in [5.41, 5.74) is 1.87. The number of nitrogens with zero attached hydrogens (tertiary/aromatic N) is 3. The summed E-state index contributed by atoms with van der Waals surface area (Å²) < 4.78 is 0. The summed E-state index contributed by atoms with van der Waals surface area (Å²) in [6.45, 7) is 6.92. The number of aromatic nitrogens is 2. The minimum absolute atomic E-state index is 0.0523. The van der Waals surface area contributed by atoms with Crippen LogP contribution in [0.4, 0.5) is 4.79 Å². The van der Waals surface area contributed by atoms with Gasteiger partial charge in [-0.3, -0.25) is 4.98 Å². The van der Waals surface area contributed by atoms with E-state index in [1.54, 1.807) is 28.6 Å². The van der Waals surface area contributed by atoms with E-state index in [0.29, 0.717) is 19.5 Å². The monoisotopic (exact) mass is 348 g/mol. The van der Waals surface area contributed by atoms with E-state index < -0.39 is 0 Å². The third-order valence-corrected chi connectivity index (χ3v) is 4.56. The van der Waals surface area contributed by atoms with Crippen LogP contribution in [0.5, 0.6) is 0 Å². The minimum Gasteiger partial charge on any atom is -0.396 e. The molecule has 2 aromatic rings. The van der Waals surface area contributed by atoms with E-state index in [9.17, 15) is 4.79 Å². The number of carbonyl (C=O) groups is 1. The molecule has 0 saturated carbocycles. The Morgan fingerprint density at radius 3 is 2.83 bits per heavy atom. The van der Waals surface area contributed by atoms with Crippen LogP contribution >= 0.6 is 11.3 Å². The summed E-state index contributed by atoms with van der Waals surface area (Å²) in [5, 5.41) is 13.1. The first kappa shape index (κ1) is 18.4. The Morgan fingerprint density at radius 1 is 1.46 bits per heavy atom. The van der Waals surface area contributed by atoms with Crippen molar-refractivity contribution in [2.24, 2.45) is 0 Å². The second-order valence-electron chi connectivity index (χ2n) is 5.71. The molecule has 1 atom stereocenters. The van der Waals surface area contributed by atoms with Crippen molar-refractivity contribution in [3.05, 3.63) is 45.7 Å². The largest absolute Gasteiger partial charge is 0.396 e. The Hall–Kier alpha value is -1.99. The van der Waals surface area contributed by atoms with E-state index in [-0.39, 0.29) is 18.7 Å². The number of rotatable bonds is 7. The van der Waals surface area contributed by atoms with E-state index >= 15 is 0 Å². The highest BCUT2D eigenvalue weighted by atomic mass is 32.1. The van der Waals surface area contributed by atoms with Gasteiger partial charge in [-0.1, -0.05) is 6.07 Å². The fourth-order valence-corrected chi connectivity index (χ4v) is 3.43. The third-order valence-electron chi connectivity index (χ3n) is 3.66. The normalized spacial score (nSPS) is 12.0. The van der Waals surface area contributed by atoms with Crippen LogP contribution in [0.15, 0.2) is 24.5 Å². The predicted molar refractivity (Wildman–Crippen MR) is 94.9 cm³/mol. The smallest absolute Gasteiger partial charge is 0.318 e. The van der Waals surface area contributed by atoms with Gasteiger partial charge in [0, 0.05) is 37.0 Å². The summed E-state index contributed by atoms with van der Waals surface area (Å²) in [4.78, 5) is 24.0. The molecule has 0 bridgehead atoms. The van der Waals surface area contributed by atoms with Gasteiger partial charge in [-0.15, -0.1) is 11.3 Å². The highest BCUT2D eigenvalue weighted by Crippen LogP contribution is 2.22. The number of thiazole rings is 1. The Morgan fingerprint density at radius 2 is 2.25 bits per heavy atom. The average Bonchev–Trinajstić information content (AvgIpc) is 2.90. The standard InChI is InChI=1S/C17H24N4O2S/c1-12(16-13(2)24-14(3)20-16)19-17(23)21(8-5-9-22)11-15-6-4-7-18-10-15/h4,6-7,10,12,22H,5,8-9,11H2,1-3H3,(H,19,23). The lowest BCUT2D eigenvalue weighted by molar-refractivity contribution is 0.183. The summed E-state index contributed by atoms with van der Waals surface area (Å²) in [6, 6.07) is 3.46. The molecule has 130 valence electrons. The molecule has 0 saturated heterocycles. The first-order valence-corrected chi connectivity index (χ1v) is 8.82. The Bertz CT molecular complexity index is 660. The SMILES string of the molecule is Cc1nc(C(C)NC(=O)N(CCCO)Cc2cccnc2)c(C)s1. The number of aliphatic hydroxyl groups is 1. The van der Waals surface area contributed by atoms with Crippen molar-refractivity contribution < 1.29 is 9.90 Å². The first-order valence-electron chi connectivity index (χ1n) is 8.00. The molecule has 0 fully saturated rings. The maximum atomic E-state index is 12.6. The molecule has 24 heavy (non-hydrogen) atoms. The van der Waals surface area contributed by atoms with E-state index in [0.717, 1.165) is 21.1 Å². The summed E-state index contributed by atoms with van der Waals surface area (Å²) in [6.07, 6.45) is 3.99. The third kappa shape index (κ3) is 5.01. The van der Waals surface area contributed by atoms with Crippen LogP contribution in [0, 0.1) is 13.8 Å². The lowest BCUT2D eigenvalue weighted by Crippen LogP contribution is -2.41. The van der Waals surface area contributed by atoms with Crippen LogP contribution in [0.2, 0.25) is 0 Å². The predicted octanol–water partition coefficient (Wildman–Crippen LogP) is 2.81. The van der Waals surface area contributed by atoms with Crippen molar-refractivity contribution >= 4 is 17.4 Å². The molecule has 1 unspecified atom stereocenters. The van der Waals surface area contributed by atoms with Gasteiger partial charge in [-0.05, 0) is 38.8 Å². The quantitative estimate of drug-likeness (QED) is 0.806. The highest BCUT2D eigenvalue weighted by molar-refractivity contribution is 7.11. The van der Waals surface area contributed by atoms with Gasteiger partial charge in [0.1, 0.15) is 0 Å². The van der Waals surface area contributed by atoms with E-state index in [1.807, 2.05) is 32.9 Å². The number of pyridine rings is 1. The molecule has 0 aliphatic rings. The lowest BCUT2D eigenvalue weighted by Gasteiger charge is -2.25. The van der Waals surface area contributed by atoms with Gasteiger partial charge in [0.05, 0.1) is 16.7 Å². The zero-order chi connectivity index (χ0) is 17.5. The van der Waals surface area contributed by atoms with Crippen molar-refractivity contribution in [1.29, 1.82) is 0 Å². The van der Waals surface area contributed by atoms with Crippen molar-refractivity contribution in [3.63, 3.8) is 0 Å². The molecule has 0 radical (unpaired) electrons. The molecule has 0 aliphatic carbocycles. The number of nitrogens with one attached hydrogen (secondary N) is 1. The van der Waals surface area contributed by atoms with Gasteiger partial charge in [0.2, 0.25) is 0 Å². The second kappa shape index (κ2) is 8.75. The lowest BCUT2D eigenvalue weighted by atomic mass is 10.2. The number of hydrogen-bond acceptors (Lipinski definition) is 5. The Labute approximate surface area is 146 Å². The summed E-state index contributed by atoms with van der Waals surface area (Å²) in [5.74, 6) is 0. The molecule has 6 nitrogen and oxygen atoms in total. The molecular weight excluding hydrogens is 324 g/mol. The topological polar surface area (TPSA) is 78.4 Å². The molecule has 2 amide bonds. The van der Waals surface area contributed by atoms with Gasteiger partial charge in [0.15, 0.2) is 0 Å². The first-order chi connectivity index (χ1) is 11.5. The number of aryl methyl sites for hydroxylation is 2. The molecule has 0 aromatic carbocycles. The maximum Gasteiger partial charge on any atom is 0.318 e. The number of hydrogen-bond donors (Lipinski definition) is 2. The van der Waals surface area contributed by atoms with Gasteiger partial charge in [-0.2, -0.15) is 0 Å². The van der Waals surface area contributed by atoms with Crippen LogP contribution in [0.25, 0.3) is 0 Å². The van der Waals surface area contributed by atoms with Gasteiger partial charge in [0.25, 0.3) is 0 Å². The van der Waals surface area contributed by atoms with E-state index in [1.165, 1.54) is 0 Å². The highest BCUT2D eigenvalue weighted by Gasteiger charge is 2.19. The molecule has 0 aliphatic heterocycles. The van der Waals surface area contributed by atoms with Crippen molar-refractivity contribution in [2.45, 2.75) is 39.8 Å². The Balaban J connectivity index is 2.05. The number of amides is 2. The van der Waals surface area contributed by atoms with Crippen LogP contribution in [0.1, 0.15) is 40.5 Å². The van der Waals surface area contributed by atoms with Crippen molar-refractivity contribution in [1.82, 2.24) is 20.2 Å². The van der Waals surface area contributed by atoms with Crippen LogP contribution in [0.3, 0.4) is 0 Å². The molecule has 2 heterocycles. The minimum atomic E-state index is -0.162. The fourth-order valence-electron chi connectivity index (χ4n) is 2.52. The van der Waals surface area contributed by atoms with Crippen LogP contribution in [-0.2, 0) is 6.54 Å². The zero-order valence-corrected chi connectivity index (χ0v) is 15.1. The molecular formula is C17H24N4O2S. The van der Waals surface area contributed by atoms with Gasteiger partial charge in [-0.25, -0.2) is 9.78 Å². The van der Waals surface area contributed by atoms with Gasteiger partial charge < -0.3 is 15.3 Å². The maximum absolute atomic E-state index is 12.6. The molecule has 2 aromatic heterocycles. The molecule has 0 spiro atoms. The number of aliphatic hydroxyl groups excluding tert-OH is 1. The summed E-state index contributed by atoms with van der Waals surface area (Å²) >= 11 is 1.63. The number of carbonyl (C=O) groups excluding carboxylic acids is 1. The fraction of sp³-hybridized carbons (Fsp3) is 0.471. The average molecular weight is 348 g/mol. The molecule has 2 N–H and O–H groups in total. The van der Waals surface area contributed by atoms with Crippen molar-refractivity contribution in [3.8, 4) is 0 Å². The number of urea groups is 1. The second-order valence-corrected chi connectivity index (χ2v) is 7.11. The molecule has 2 rings (SSSR count).